The Morgan fingerprint density at radius 1 is 1.07 bits per heavy atom. The molecule has 3 aromatic rings. The predicted molar refractivity (Wildman–Crippen MR) is 94.3 cm³/mol. The second-order valence-electron chi connectivity index (χ2n) is 6.35. The number of hydrogen-bond acceptors (Lipinski definition) is 6. The maximum atomic E-state index is 12.5. The largest absolute Gasteiger partial charge is 0.472 e. The fourth-order valence-electron chi connectivity index (χ4n) is 3.11. The minimum absolute atomic E-state index is 0.0354. The van der Waals surface area contributed by atoms with Crippen molar-refractivity contribution in [2.45, 2.75) is 18.9 Å². The Morgan fingerprint density at radius 2 is 1.85 bits per heavy atom. The average molecular weight is 366 g/mol. The molecule has 0 radical (unpaired) electrons. The van der Waals surface area contributed by atoms with E-state index >= 15 is 0 Å². The van der Waals surface area contributed by atoms with E-state index in [1.165, 1.54) is 23.5 Å². The van der Waals surface area contributed by atoms with E-state index in [4.69, 9.17) is 4.42 Å². The van der Waals surface area contributed by atoms with Crippen molar-refractivity contribution in [1.82, 2.24) is 30.4 Å². The zero-order valence-electron chi connectivity index (χ0n) is 14.5. The van der Waals surface area contributed by atoms with Crippen molar-refractivity contribution in [1.29, 1.82) is 0 Å². The number of rotatable bonds is 4. The maximum absolute atomic E-state index is 12.5. The number of nitrogens with zero attached hydrogens (tertiary/aromatic N) is 5. The highest BCUT2D eigenvalue weighted by Gasteiger charge is 2.25. The molecule has 0 spiro atoms. The van der Waals surface area contributed by atoms with Crippen molar-refractivity contribution in [3.05, 3.63) is 60.3 Å². The van der Waals surface area contributed by atoms with Crippen LogP contribution in [-0.4, -0.2) is 56.1 Å². The minimum Gasteiger partial charge on any atom is -0.472 e. The van der Waals surface area contributed by atoms with Gasteiger partial charge in [0, 0.05) is 24.7 Å². The number of benzene rings is 1. The zero-order valence-corrected chi connectivity index (χ0v) is 14.5. The molecule has 1 aliphatic heterocycles. The summed E-state index contributed by atoms with van der Waals surface area (Å²) >= 11 is 0. The van der Waals surface area contributed by atoms with Crippen LogP contribution >= 0.6 is 0 Å². The first-order valence-electron chi connectivity index (χ1n) is 8.66. The highest BCUT2D eigenvalue weighted by molar-refractivity contribution is 5.95. The topological polar surface area (TPSA) is 106 Å². The highest BCUT2D eigenvalue weighted by Crippen LogP contribution is 2.15. The van der Waals surface area contributed by atoms with E-state index in [9.17, 15) is 9.59 Å². The van der Waals surface area contributed by atoms with E-state index in [0.29, 0.717) is 24.2 Å². The summed E-state index contributed by atoms with van der Waals surface area (Å²) in [4.78, 5) is 26.6. The molecule has 0 atom stereocenters. The van der Waals surface area contributed by atoms with Crippen LogP contribution in [0.1, 0.15) is 33.6 Å². The molecule has 27 heavy (non-hydrogen) atoms. The van der Waals surface area contributed by atoms with Crippen LogP contribution in [0.25, 0.3) is 5.69 Å². The van der Waals surface area contributed by atoms with Gasteiger partial charge < -0.3 is 14.6 Å². The van der Waals surface area contributed by atoms with Gasteiger partial charge in [-0.05, 0) is 53.6 Å². The Labute approximate surface area is 155 Å². The minimum atomic E-state index is -0.127. The molecule has 2 amide bonds. The Morgan fingerprint density at radius 3 is 2.48 bits per heavy atom. The number of piperidine rings is 1. The Hall–Kier alpha value is -3.49. The van der Waals surface area contributed by atoms with Crippen molar-refractivity contribution in [3.63, 3.8) is 0 Å². The third kappa shape index (κ3) is 3.71. The normalized spacial score (nSPS) is 14.9. The number of hydrogen-bond donors (Lipinski definition) is 1. The Balaban J connectivity index is 1.31. The van der Waals surface area contributed by atoms with Gasteiger partial charge in [-0.25, -0.2) is 4.68 Å². The van der Waals surface area contributed by atoms with Crippen LogP contribution in [0.3, 0.4) is 0 Å². The molecule has 1 aromatic carbocycles. The smallest absolute Gasteiger partial charge is 0.257 e. The van der Waals surface area contributed by atoms with Crippen molar-refractivity contribution in [3.8, 4) is 5.69 Å². The fraction of sp³-hybridized carbons (Fsp3) is 0.278. The lowest BCUT2D eigenvalue weighted by molar-refractivity contribution is 0.0697. The molecule has 0 saturated carbocycles. The van der Waals surface area contributed by atoms with Crippen LogP contribution in [0, 0.1) is 0 Å². The summed E-state index contributed by atoms with van der Waals surface area (Å²) in [6.45, 7) is 1.21. The molecule has 3 heterocycles. The standard InChI is InChI=1S/C18H18N6O3/c25-17(13-1-3-16(4-2-13)24-12-19-21-22-24)20-15-5-8-23(9-6-15)18(26)14-7-10-27-11-14/h1-4,7,10-12,15H,5-6,8-9H2,(H,20,25). The predicted octanol–water partition coefficient (Wildman–Crippen LogP) is 1.29. The van der Waals surface area contributed by atoms with Gasteiger partial charge in [0.25, 0.3) is 11.8 Å². The quantitative estimate of drug-likeness (QED) is 0.746. The van der Waals surface area contributed by atoms with Gasteiger partial charge in [0.1, 0.15) is 12.6 Å². The van der Waals surface area contributed by atoms with E-state index in [1.54, 1.807) is 35.2 Å². The second-order valence-corrected chi connectivity index (χ2v) is 6.35. The van der Waals surface area contributed by atoms with Gasteiger partial charge >= 0.3 is 0 Å². The number of furan rings is 1. The van der Waals surface area contributed by atoms with Crippen LogP contribution in [0.15, 0.2) is 53.6 Å². The van der Waals surface area contributed by atoms with Gasteiger partial charge in [-0.15, -0.1) is 5.10 Å². The number of nitrogens with one attached hydrogen (secondary N) is 1. The Bertz CT molecular complexity index is 897. The summed E-state index contributed by atoms with van der Waals surface area (Å²) in [5, 5.41) is 14.0. The molecule has 1 N–H and O–H groups in total. The van der Waals surface area contributed by atoms with Crippen LogP contribution in [0.2, 0.25) is 0 Å². The van der Waals surface area contributed by atoms with Crippen molar-refractivity contribution in [2.75, 3.05) is 13.1 Å². The molecule has 4 rings (SSSR count). The van der Waals surface area contributed by atoms with Gasteiger partial charge in [-0.3, -0.25) is 9.59 Å². The highest BCUT2D eigenvalue weighted by atomic mass is 16.3. The molecule has 1 fully saturated rings. The second kappa shape index (κ2) is 7.40. The molecule has 1 aliphatic rings. The number of carbonyl (C=O) groups excluding carboxylic acids is 2. The van der Waals surface area contributed by atoms with Gasteiger partial charge in [-0.1, -0.05) is 0 Å². The number of aromatic nitrogens is 4. The fourth-order valence-corrected chi connectivity index (χ4v) is 3.11. The van der Waals surface area contributed by atoms with E-state index < -0.39 is 0 Å². The molecule has 2 aromatic heterocycles. The first kappa shape index (κ1) is 17.0. The van der Waals surface area contributed by atoms with Crippen molar-refractivity contribution >= 4 is 11.8 Å². The average Bonchev–Trinajstić information content (AvgIpc) is 3.42. The van der Waals surface area contributed by atoms with Gasteiger partial charge in [-0.2, -0.15) is 0 Å². The summed E-state index contributed by atoms with van der Waals surface area (Å²) in [5.74, 6) is -0.162. The van der Waals surface area contributed by atoms with E-state index in [0.717, 1.165) is 18.5 Å². The van der Waals surface area contributed by atoms with Crippen molar-refractivity contribution in [2.24, 2.45) is 0 Å². The molecule has 0 aliphatic carbocycles. The zero-order chi connectivity index (χ0) is 18.6. The van der Waals surface area contributed by atoms with E-state index in [1.807, 2.05) is 0 Å². The Kier molecular flexibility index (Phi) is 4.65. The lowest BCUT2D eigenvalue weighted by Gasteiger charge is -2.32. The van der Waals surface area contributed by atoms with Crippen LogP contribution < -0.4 is 5.32 Å². The summed E-state index contributed by atoms with van der Waals surface area (Å²) in [5.41, 5.74) is 1.91. The summed E-state index contributed by atoms with van der Waals surface area (Å²) in [6, 6.07) is 8.77. The summed E-state index contributed by atoms with van der Waals surface area (Å²) in [6.07, 6.45) is 5.88. The van der Waals surface area contributed by atoms with Crippen molar-refractivity contribution < 1.29 is 14.0 Å². The SMILES string of the molecule is O=C(NC1CCN(C(=O)c2ccoc2)CC1)c1ccc(-n2cnnn2)cc1. The molecule has 1 saturated heterocycles. The molecule has 138 valence electrons. The van der Waals surface area contributed by atoms with Crippen LogP contribution in [0.5, 0.6) is 0 Å². The van der Waals surface area contributed by atoms with Crippen LogP contribution in [0.4, 0.5) is 0 Å². The third-order valence-corrected chi connectivity index (χ3v) is 4.63. The third-order valence-electron chi connectivity index (χ3n) is 4.63. The molecule has 0 bridgehead atoms. The molecule has 9 nitrogen and oxygen atoms in total. The van der Waals surface area contributed by atoms with E-state index in [2.05, 4.69) is 20.8 Å². The molecular formula is C18H18N6O3. The number of carbonyl (C=O) groups is 2. The summed E-state index contributed by atoms with van der Waals surface area (Å²) < 4.78 is 6.49. The number of tetrazole rings is 1. The van der Waals surface area contributed by atoms with Gasteiger partial charge in [0.05, 0.1) is 17.5 Å². The van der Waals surface area contributed by atoms with Gasteiger partial charge in [0.2, 0.25) is 0 Å². The lowest BCUT2D eigenvalue weighted by atomic mass is 10.0. The first-order valence-corrected chi connectivity index (χ1v) is 8.66. The maximum Gasteiger partial charge on any atom is 0.257 e. The molecule has 9 heteroatoms. The molecular weight excluding hydrogens is 348 g/mol. The number of likely N-dealkylation sites (tertiary alicyclic amines) is 1. The summed E-state index contributed by atoms with van der Waals surface area (Å²) in [7, 11) is 0. The molecule has 0 unspecified atom stereocenters. The monoisotopic (exact) mass is 366 g/mol. The van der Waals surface area contributed by atoms with E-state index in [-0.39, 0.29) is 17.9 Å². The lowest BCUT2D eigenvalue weighted by Crippen LogP contribution is -2.46. The number of amides is 2. The first-order chi connectivity index (χ1) is 13.2. The van der Waals surface area contributed by atoms with Gasteiger partial charge in [0.15, 0.2) is 0 Å². The van der Waals surface area contributed by atoms with Crippen LogP contribution in [-0.2, 0) is 0 Å².